The molecule has 1 rings (SSSR count). The highest BCUT2D eigenvalue weighted by Crippen LogP contribution is 2.28. The van der Waals surface area contributed by atoms with Gasteiger partial charge in [-0.3, -0.25) is 0 Å². The van der Waals surface area contributed by atoms with E-state index in [1.54, 1.807) is 0 Å². The number of nitrogens with zero attached hydrogens (tertiary/aromatic N) is 1. The molecule has 0 N–H and O–H groups in total. The van der Waals surface area contributed by atoms with E-state index in [0.717, 1.165) is 12.8 Å². The molecule has 0 aromatic heterocycles. The zero-order valence-electron chi connectivity index (χ0n) is 11.5. The Kier molecular flexibility index (Phi) is 5.34. The highest BCUT2D eigenvalue weighted by atomic mass is 15.1. The van der Waals surface area contributed by atoms with Crippen LogP contribution in [0.4, 0.5) is 0 Å². The van der Waals surface area contributed by atoms with Crippen LogP contribution in [0.3, 0.4) is 0 Å². The summed E-state index contributed by atoms with van der Waals surface area (Å²) >= 11 is 0. The normalized spacial score (nSPS) is 21.5. The van der Waals surface area contributed by atoms with Crippen molar-refractivity contribution >= 4 is 7.41 Å². The Morgan fingerprint density at radius 2 is 2.35 bits per heavy atom. The number of allylic oxidation sites excluding steroid dienone is 5. The predicted octanol–water partition coefficient (Wildman–Crippen LogP) is 4.10. The summed E-state index contributed by atoms with van der Waals surface area (Å²) in [5.74, 6) is 0. The molecular weight excluding hydrogens is 205 g/mol. The lowest BCUT2D eigenvalue weighted by Gasteiger charge is -2.18. The molecule has 1 atom stereocenters. The maximum absolute atomic E-state index is 3.81. The molecule has 0 fully saturated rings. The summed E-state index contributed by atoms with van der Waals surface area (Å²) in [4.78, 5) is 2.28. The number of hydrogen-bond acceptors (Lipinski definition) is 1. The summed E-state index contributed by atoms with van der Waals surface area (Å²) in [7, 11) is 2.14. The van der Waals surface area contributed by atoms with Crippen LogP contribution in [0.25, 0.3) is 0 Å². The first-order valence-electron chi connectivity index (χ1n) is 6.40. The SMILES string of the molecule is C=C/C=C(\C=C(\C)CC)C1=CN([B]C)C(C)C1. The van der Waals surface area contributed by atoms with Crippen LogP contribution in [0.5, 0.6) is 0 Å². The Morgan fingerprint density at radius 3 is 2.82 bits per heavy atom. The average Bonchev–Trinajstić information content (AvgIpc) is 2.69. The van der Waals surface area contributed by atoms with E-state index >= 15 is 0 Å². The van der Waals surface area contributed by atoms with Crippen molar-refractivity contribution in [2.75, 3.05) is 0 Å². The second-order valence-electron chi connectivity index (χ2n) is 4.61. The largest absolute Gasteiger partial charge is 0.422 e. The second kappa shape index (κ2) is 6.53. The van der Waals surface area contributed by atoms with Crippen LogP contribution in [0.1, 0.15) is 33.6 Å². The van der Waals surface area contributed by atoms with Gasteiger partial charge in [0.15, 0.2) is 0 Å². The van der Waals surface area contributed by atoms with Crippen molar-refractivity contribution in [2.45, 2.75) is 46.5 Å². The highest BCUT2D eigenvalue weighted by Gasteiger charge is 2.20. The van der Waals surface area contributed by atoms with Crippen molar-refractivity contribution < 1.29 is 0 Å². The molecule has 0 spiro atoms. The van der Waals surface area contributed by atoms with Crippen molar-refractivity contribution in [2.24, 2.45) is 0 Å². The third kappa shape index (κ3) is 3.66. The fraction of sp³-hybridized carbons (Fsp3) is 0.467. The molecule has 1 heterocycles. The minimum absolute atomic E-state index is 0.568. The Hall–Kier alpha value is -1.18. The first-order chi connectivity index (χ1) is 8.12. The lowest BCUT2D eigenvalue weighted by molar-refractivity contribution is 0.488. The lowest BCUT2D eigenvalue weighted by Crippen LogP contribution is -2.25. The monoisotopic (exact) mass is 228 g/mol. The van der Waals surface area contributed by atoms with Gasteiger partial charge in [0, 0.05) is 6.04 Å². The molecule has 0 aromatic rings. The van der Waals surface area contributed by atoms with Crippen LogP contribution in [0.2, 0.25) is 6.82 Å². The zero-order chi connectivity index (χ0) is 12.8. The molecule has 1 aliphatic rings. The van der Waals surface area contributed by atoms with E-state index in [-0.39, 0.29) is 0 Å². The lowest BCUT2D eigenvalue weighted by atomic mass is 9.95. The van der Waals surface area contributed by atoms with Crippen LogP contribution in [-0.2, 0) is 0 Å². The van der Waals surface area contributed by atoms with Gasteiger partial charge in [0.1, 0.15) is 0 Å². The third-order valence-corrected chi connectivity index (χ3v) is 3.26. The van der Waals surface area contributed by atoms with Gasteiger partial charge in [0.25, 0.3) is 0 Å². The zero-order valence-corrected chi connectivity index (χ0v) is 11.5. The minimum atomic E-state index is 0.568. The summed E-state index contributed by atoms with van der Waals surface area (Å²) in [6, 6.07) is 0.568. The standard InChI is InChI=1S/C15H23BN/c1-6-8-14(9-12(3)7-2)15-10-13(4)17(11-15)16-5/h6,8-9,11,13H,1,7,10H2,2-5H3/b12-9-,14-8+. The first-order valence-corrected chi connectivity index (χ1v) is 6.40. The summed E-state index contributed by atoms with van der Waals surface area (Å²) in [6.45, 7) is 12.5. The van der Waals surface area contributed by atoms with E-state index in [0.29, 0.717) is 6.04 Å². The Balaban J connectivity index is 2.95. The second-order valence-corrected chi connectivity index (χ2v) is 4.61. The molecule has 1 radical (unpaired) electrons. The van der Waals surface area contributed by atoms with Gasteiger partial charge in [-0.25, -0.2) is 0 Å². The summed E-state index contributed by atoms with van der Waals surface area (Å²) in [5, 5.41) is 0. The molecule has 2 heteroatoms. The molecule has 0 bridgehead atoms. The Bertz CT molecular complexity index is 363. The van der Waals surface area contributed by atoms with Gasteiger partial charge < -0.3 is 4.81 Å². The van der Waals surface area contributed by atoms with Crippen LogP contribution in [0, 0.1) is 0 Å². The van der Waals surface area contributed by atoms with Gasteiger partial charge in [-0.15, -0.1) is 0 Å². The quantitative estimate of drug-likeness (QED) is 0.505. The highest BCUT2D eigenvalue weighted by molar-refractivity contribution is 6.30. The van der Waals surface area contributed by atoms with Crippen LogP contribution in [-0.4, -0.2) is 18.3 Å². The van der Waals surface area contributed by atoms with Crippen molar-refractivity contribution in [1.82, 2.24) is 4.81 Å². The molecule has 0 aromatic carbocycles. The van der Waals surface area contributed by atoms with Gasteiger partial charge in [0.2, 0.25) is 7.41 Å². The molecule has 0 aliphatic carbocycles. The van der Waals surface area contributed by atoms with Crippen molar-refractivity contribution in [3.05, 3.63) is 47.7 Å². The molecule has 0 amide bonds. The van der Waals surface area contributed by atoms with Gasteiger partial charge in [-0.05, 0) is 44.0 Å². The van der Waals surface area contributed by atoms with Crippen LogP contribution in [0.15, 0.2) is 47.7 Å². The summed E-state index contributed by atoms with van der Waals surface area (Å²) < 4.78 is 0. The smallest absolute Gasteiger partial charge is 0.242 e. The fourth-order valence-electron chi connectivity index (χ4n) is 2.05. The Morgan fingerprint density at radius 1 is 1.65 bits per heavy atom. The summed E-state index contributed by atoms with van der Waals surface area (Å²) in [6.07, 6.45) is 10.7. The van der Waals surface area contributed by atoms with E-state index in [2.05, 4.69) is 64.8 Å². The van der Waals surface area contributed by atoms with E-state index in [1.165, 1.54) is 16.7 Å². The van der Waals surface area contributed by atoms with Gasteiger partial charge in [-0.2, -0.15) is 0 Å². The summed E-state index contributed by atoms with van der Waals surface area (Å²) in [5.41, 5.74) is 4.12. The number of rotatable bonds is 5. The molecule has 17 heavy (non-hydrogen) atoms. The molecular formula is C15H23BN. The van der Waals surface area contributed by atoms with Crippen molar-refractivity contribution in [3.8, 4) is 0 Å². The maximum Gasteiger partial charge on any atom is 0.242 e. The minimum Gasteiger partial charge on any atom is -0.422 e. The van der Waals surface area contributed by atoms with E-state index in [1.807, 2.05) is 6.08 Å². The molecule has 1 unspecified atom stereocenters. The maximum atomic E-state index is 3.81. The molecule has 0 saturated heterocycles. The average molecular weight is 228 g/mol. The third-order valence-electron chi connectivity index (χ3n) is 3.26. The van der Waals surface area contributed by atoms with E-state index < -0.39 is 0 Å². The predicted molar refractivity (Wildman–Crippen MR) is 77.9 cm³/mol. The van der Waals surface area contributed by atoms with Crippen LogP contribution >= 0.6 is 0 Å². The van der Waals surface area contributed by atoms with E-state index in [9.17, 15) is 0 Å². The molecule has 0 saturated carbocycles. The van der Waals surface area contributed by atoms with Crippen molar-refractivity contribution in [1.29, 1.82) is 0 Å². The molecule has 91 valence electrons. The molecule has 1 nitrogen and oxygen atoms in total. The fourth-order valence-corrected chi connectivity index (χ4v) is 2.05. The van der Waals surface area contributed by atoms with Gasteiger partial charge in [0.05, 0.1) is 0 Å². The topological polar surface area (TPSA) is 3.24 Å². The van der Waals surface area contributed by atoms with Crippen molar-refractivity contribution in [3.63, 3.8) is 0 Å². The Labute approximate surface area is 107 Å². The first kappa shape index (κ1) is 13.9. The van der Waals surface area contributed by atoms with E-state index in [4.69, 9.17) is 0 Å². The van der Waals surface area contributed by atoms with Gasteiger partial charge in [-0.1, -0.05) is 44.1 Å². The van der Waals surface area contributed by atoms with Crippen LogP contribution < -0.4 is 0 Å². The molecule has 1 aliphatic heterocycles. The number of hydrogen-bond donors (Lipinski definition) is 0. The van der Waals surface area contributed by atoms with Gasteiger partial charge >= 0.3 is 0 Å².